The fraction of sp³-hybridized carbons (Fsp3) is 0.257. The summed E-state index contributed by atoms with van der Waals surface area (Å²) in [6, 6.07) is 15.2. The number of nitriles is 1. The Balaban J connectivity index is 1.38. The number of nitrogens with zero attached hydrogens (tertiary/aromatic N) is 6. The molecule has 2 aliphatic heterocycles. The quantitative estimate of drug-likeness (QED) is 0.189. The van der Waals surface area contributed by atoms with Crippen molar-refractivity contribution in [3.63, 3.8) is 0 Å². The molecule has 2 aromatic heterocycles. The van der Waals surface area contributed by atoms with Gasteiger partial charge in [-0.05, 0) is 37.6 Å². The number of piperazine rings is 1. The molecule has 0 unspecified atom stereocenters. The molecule has 47 heavy (non-hydrogen) atoms. The molecule has 3 aromatic carbocycles. The van der Waals surface area contributed by atoms with Crippen LogP contribution in [-0.2, 0) is 17.9 Å². The molecule has 0 atom stereocenters. The number of carbonyl (C=O) groups excluding carboxylic acids is 1. The molecule has 1 fully saturated rings. The number of ether oxygens (including phenoxy) is 2. The molecule has 0 aliphatic carbocycles. The Morgan fingerprint density at radius 2 is 1.87 bits per heavy atom. The van der Waals surface area contributed by atoms with Crippen LogP contribution in [0.15, 0.2) is 61.3 Å². The number of hydrogen-bond acceptors (Lipinski definition) is 8. The zero-order chi connectivity index (χ0) is 32.8. The summed E-state index contributed by atoms with van der Waals surface area (Å²) in [5.74, 6) is 0.305. The molecule has 0 bridgehead atoms. The fourth-order valence-corrected chi connectivity index (χ4v) is 6.48. The lowest BCUT2D eigenvalue weighted by molar-refractivity contribution is -0.126. The van der Waals surface area contributed by atoms with Gasteiger partial charge in [0.15, 0.2) is 11.5 Å². The van der Waals surface area contributed by atoms with Crippen molar-refractivity contribution in [3.05, 3.63) is 88.8 Å². The van der Waals surface area contributed by atoms with Crippen LogP contribution in [0.1, 0.15) is 30.5 Å². The number of benzene rings is 3. The third-order valence-electron chi connectivity index (χ3n) is 8.82. The van der Waals surface area contributed by atoms with Gasteiger partial charge in [-0.1, -0.05) is 42.4 Å². The van der Waals surface area contributed by atoms with Crippen molar-refractivity contribution in [2.45, 2.75) is 33.0 Å². The number of carbonyl (C=O) groups is 1. The van der Waals surface area contributed by atoms with Gasteiger partial charge in [0, 0.05) is 62.3 Å². The van der Waals surface area contributed by atoms with Gasteiger partial charge in [0.2, 0.25) is 11.8 Å². The van der Waals surface area contributed by atoms with Gasteiger partial charge >= 0.3 is 0 Å². The molecule has 0 radical (unpaired) electrons. The minimum absolute atomic E-state index is 0.0873. The molecule has 238 valence electrons. The summed E-state index contributed by atoms with van der Waals surface area (Å²) < 4.78 is 27.8. The van der Waals surface area contributed by atoms with Crippen molar-refractivity contribution in [2.24, 2.45) is 0 Å². The Morgan fingerprint density at radius 1 is 1.11 bits per heavy atom. The van der Waals surface area contributed by atoms with Crippen molar-refractivity contribution in [3.8, 4) is 29.2 Å². The smallest absolute Gasteiger partial charge is 0.246 e. The van der Waals surface area contributed by atoms with Gasteiger partial charge in [0.25, 0.3) is 0 Å². The Bertz CT molecular complexity index is 2100. The van der Waals surface area contributed by atoms with Gasteiger partial charge < -0.3 is 19.3 Å². The summed E-state index contributed by atoms with van der Waals surface area (Å²) in [5, 5.41) is 18.4. The van der Waals surface area contributed by atoms with E-state index in [1.165, 1.54) is 18.3 Å². The van der Waals surface area contributed by atoms with E-state index in [0.29, 0.717) is 72.0 Å². The largest absolute Gasteiger partial charge is 0.453 e. The van der Waals surface area contributed by atoms with Gasteiger partial charge in [-0.3, -0.25) is 14.8 Å². The molecular weight excluding hydrogens is 621 g/mol. The lowest BCUT2D eigenvalue weighted by Gasteiger charge is -2.36. The van der Waals surface area contributed by atoms with Crippen LogP contribution >= 0.6 is 11.6 Å². The molecule has 5 aromatic rings. The number of aromatic nitrogens is 3. The van der Waals surface area contributed by atoms with Crippen LogP contribution in [0.2, 0.25) is 5.02 Å². The Kier molecular flexibility index (Phi) is 7.91. The number of amides is 1. The van der Waals surface area contributed by atoms with Gasteiger partial charge in [-0.2, -0.15) is 10.4 Å². The predicted octanol–water partition coefficient (Wildman–Crippen LogP) is 6.92. The van der Waals surface area contributed by atoms with Crippen LogP contribution in [0, 0.1) is 17.1 Å². The van der Waals surface area contributed by atoms with Crippen LogP contribution in [-0.4, -0.2) is 63.1 Å². The minimum atomic E-state index is -0.664. The number of aromatic amines is 1. The highest BCUT2D eigenvalue weighted by atomic mass is 35.5. The fourth-order valence-electron chi connectivity index (χ4n) is 6.28. The van der Waals surface area contributed by atoms with E-state index in [9.17, 15) is 14.4 Å². The van der Waals surface area contributed by atoms with E-state index in [-0.39, 0.29) is 33.9 Å². The van der Waals surface area contributed by atoms with E-state index >= 15 is 0 Å². The molecule has 12 heteroatoms. The Hall–Kier alpha value is -5.18. The topological polar surface area (TPSA) is 111 Å². The van der Waals surface area contributed by atoms with Gasteiger partial charge in [-0.25, -0.2) is 9.37 Å². The number of para-hydroxylation sites is 1. The maximum absolute atomic E-state index is 14.8. The molecule has 1 N–H and O–H groups in total. The lowest BCUT2D eigenvalue weighted by Crippen LogP contribution is -2.48. The average Bonchev–Trinajstić information content (AvgIpc) is 3.74. The number of fused-ring (bicyclic) bond motifs is 3. The van der Waals surface area contributed by atoms with Crippen molar-refractivity contribution >= 4 is 45.0 Å². The third-order valence-corrected chi connectivity index (χ3v) is 9.17. The monoisotopic (exact) mass is 651 g/mol. The molecule has 4 heterocycles. The van der Waals surface area contributed by atoms with Crippen molar-refractivity contribution in [2.75, 3.05) is 31.1 Å². The first kappa shape index (κ1) is 30.5. The highest BCUT2D eigenvalue weighted by Gasteiger charge is 2.30. The number of rotatable bonds is 7. The summed E-state index contributed by atoms with van der Waals surface area (Å²) >= 11 is 6.43. The highest BCUT2D eigenvalue weighted by Crippen LogP contribution is 2.45. The zero-order valence-electron chi connectivity index (χ0n) is 25.9. The number of halogens is 2. The normalized spacial score (nSPS) is 14.9. The number of pyridine rings is 1. The van der Waals surface area contributed by atoms with E-state index in [1.54, 1.807) is 17.0 Å². The first-order valence-electron chi connectivity index (χ1n) is 15.3. The van der Waals surface area contributed by atoms with Gasteiger partial charge in [-0.15, -0.1) is 0 Å². The molecule has 7 rings (SSSR count). The van der Waals surface area contributed by atoms with Crippen LogP contribution in [0.5, 0.6) is 23.1 Å². The Labute approximate surface area is 275 Å². The molecule has 1 amide bonds. The molecule has 2 aliphatic rings. The molecule has 1 saturated heterocycles. The number of nitrogens with one attached hydrogen (secondary N) is 1. The lowest BCUT2D eigenvalue weighted by atomic mass is 10.1. The number of anilines is 1. The van der Waals surface area contributed by atoms with E-state index in [2.05, 4.69) is 52.6 Å². The average molecular weight is 652 g/mol. The third kappa shape index (κ3) is 5.39. The molecule has 10 nitrogen and oxygen atoms in total. The zero-order valence-corrected chi connectivity index (χ0v) is 26.6. The minimum Gasteiger partial charge on any atom is -0.453 e. The number of hydrogen-bond donors (Lipinski definition) is 1. The van der Waals surface area contributed by atoms with Gasteiger partial charge in [0.1, 0.15) is 33.7 Å². The highest BCUT2D eigenvalue weighted by molar-refractivity contribution is 6.33. The maximum Gasteiger partial charge on any atom is 0.246 e. The van der Waals surface area contributed by atoms with E-state index < -0.39 is 5.82 Å². The van der Waals surface area contributed by atoms with Crippen molar-refractivity contribution in [1.82, 2.24) is 25.0 Å². The van der Waals surface area contributed by atoms with Gasteiger partial charge in [0.05, 0.1) is 22.8 Å². The van der Waals surface area contributed by atoms with Crippen LogP contribution in [0.4, 0.5) is 10.1 Å². The number of H-pyrrole nitrogens is 1. The van der Waals surface area contributed by atoms with Crippen LogP contribution < -0.4 is 14.4 Å². The summed E-state index contributed by atoms with van der Waals surface area (Å²) in [6.45, 7) is 11.3. The summed E-state index contributed by atoms with van der Waals surface area (Å²) in [5.41, 5.74) is 3.90. The molecule has 0 spiro atoms. The molecule has 0 saturated carbocycles. The van der Waals surface area contributed by atoms with E-state index in [1.807, 2.05) is 18.2 Å². The summed E-state index contributed by atoms with van der Waals surface area (Å²) in [4.78, 5) is 23.4. The maximum atomic E-state index is 14.8. The van der Waals surface area contributed by atoms with Crippen LogP contribution in [0.3, 0.4) is 0 Å². The predicted molar refractivity (Wildman–Crippen MR) is 177 cm³/mol. The summed E-state index contributed by atoms with van der Waals surface area (Å²) in [6.07, 6.45) is 2.82. The van der Waals surface area contributed by atoms with Crippen LogP contribution in [0.25, 0.3) is 21.8 Å². The second kappa shape index (κ2) is 12.2. The van der Waals surface area contributed by atoms with Crippen molar-refractivity contribution in [1.29, 1.82) is 5.26 Å². The van der Waals surface area contributed by atoms with E-state index in [4.69, 9.17) is 26.1 Å². The Morgan fingerprint density at radius 3 is 2.62 bits per heavy atom. The second-order valence-corrected chi connectivity index (χ2v) is 12.2. The van der Waals surface area contributed by atoms with Crippen molar-refractivity contribution < 1.29 is 18.7 Å². The molecular formula is C35H31ClFN7O3. The first-order valence-corrected chi connectivity index (χ1v) is 15.7. The first-order chi connectivity index (χ1) is 22.8. The van der Waals surface area contributed by atoms with E-state index in [0.717, 1.165) is 17.7 Å². The SMILES string of the molecule is C=CC(=O)N1CCN(c2c(C#N)c(Oc3cccc4c3CN(C(C)C)C4)nc3c(Oc4c(Cl)c(F)cc5[nH]ncc45)cccc23)CC1. The summed E-state index contributed by atoms with van der Waals surface area (Å²) in [7, 11) is 0. The second-order valence-electron chi connectivity index (χ2n) is 11.9. The standard InChI is InChI=1S/C35H31ClFN7O3/c1-4-30(45)42-11-13-43(14-12-42)33-22-8-6-10-29(46-34-24-17-39-41-27(24)15-26(37)31(34)36)32(22)40-35(23(33)16-38)47-28-9-5-7-21-18-44(20(2)3)19-25(21)28/h4-10,15,17,20H,1,11-14,18-19H2,2-3H3,(H,39,41).